The zero-order chi connectivity index (χ0) is 13.0. The van der Waals surface area contributed by atoms with Crippen molar-refractivity contribution >= 4 is 5.91 Å². The monoisotopic (exact) mass is 247 g/mol. The summed E-state index contributed by atoms with van der Waals surface area (Å²) in [4.78, 5) is 14.2. The second-order valence-corrected chi connectivity index (χ2v) is 5.03. The van der Waals surface area contributed by atoms with E-state index in [1.807, 2.05) is 42.2 Å². The van der Waals surface area contributed by atoms with Gasteiger partial charge in [0.2, 0.25) is 5.91 Å². The molecule has 0 spiro atoms. The highest BCUT2D eigenvalue weighted by atomic mass is 16.3. The van der Waals surface area contributed by atoms with E-state index >= 15 is 0 Å². The van der Waals surface area contributed by atoms with Crippen LogP contribution in [0.25, 0.3) is 0 Å². The number of carbonyl (C=O) groups is 1. The molecular weight excluding hydrogens is 226 g/mol. The number of aliphatic hydroxyl groups excluding tert-OH is 1. The first-order chi connectivity index (χ1) is 8.70. The first-order valence-corrected chi connectivity index (χ1v) is 6.72. The summed E-state index contributed by atoms with van der Waals surface area (Å²) >= 11 is 0. The van der Waals surface area contributed by atoms with Crippen LogP contribution in [0.3, 0.4) is 0 Å². The van der Waals surface area contributed by atoms with E-state index in [-0.39, 0.29) is 11.8 Å². The van der Waals surface area contributed by atoms with Crippen molar-refractivity contribution in [1.82, 2.24) is 4.90 Å². The maximum Gasteiger partial charge on any atom is 0.228 e. The van der Waals surface area contributed by atoms with Gasteiger partial charge >= 0.3 is 0 Å². The third-order valence-corrected chi connectivity index (χ3v) is 3.67. The lowest BCUT2D eigenvalue weighted by Gasteiger charge is -2.30. The number of piperidine rings is 1. The largest absolute Gasteiger partial charge is 0.388 e. The first kappa shape index (κ1) is 13.1. The van der Waals surface area contributed by atoms with Gasteiger partial charge in [-0.2, -0.15) is 0 Å². The van der Waals surface area contributed by atoms with E-state index in [2.05, 4.69) is 0 Å². The van der Waals surface area contributed by atoms with Gasteiger partial charge in [-0.05, 0) is 24.8 Å². The maximum absolute atomic E-state index is 12.3. The normalized spacial score (nSPS) is 19.3. The Hall–Kier alpha value is -1.35. The first-order valence-electron chi connectivity index (χ1n) is 6.72. The van der Waals surface area contributed by atoms with Gasteiger partial charge in [0.25, 0.3) is 0 Å². The summed E-state index contributed by atoms with van der Waals surface area (Å²) < 4.78 is 0. The molecule has 0 radical (unpaired) electrons. The Morgan fingerprint density at radius 1 is 1.17 bits per heavy atom. The van der Waals surface area contributed by atoms with Crippen LogP contribution >= 0.6 is 0 Å². The number of aliphatic hydroxyl groups is 1. The van der Waals surface area contributed by atoms with Crippen LogP contribution < -0.4 is 0 Å². The summed E-state index contributed by atoms with van der Waals surface area (Å²) in [7, 11) is 0. The van der Waals surface area contributed by atoms with E-state index in [4.69, 9.17) is 0 Å². The Kier molecular flexibility index (Phi) is 4.37. The van der Waals surface area contributed by atoms with E-state index in [9.17, 15) is 9.90 Å². The van der Waals surface area contributed by atoms with Crippen LogP contribution in [0.1, 0.15) is 37.9 Å². The molecule has 1 aliphatic heterocycles. The Morgan fingerprint density at radius 3 is 2.39 bits per heavy atom. The lowest BCUT2D eigenvalue weighted by molar-refractivity contribution is -0.139. The average molecular weight is 247 g/mol. The lowest BCUT2D eigenvalue weighted by atomic mass is 9.95. The van der Waals surface area contributed by atoms with Gasteiger partial charge in [-0.25, -0.2) is 0 Å². The maximum atomic E-state index is 12.3. The predicted molar refractivity (Wildman–Crippen MR) is 71.0 cm³/mol. The summed E-state index contributed by atoms with van der Waals surface area (Å²) in [6, 6.07) is 9.41. The van der Waals surface area contributed by atoms with Crippen molar-refractivity contribution in [1.29, 1.82) is 0 Å². The van der Waals surface area contributed by atoms with Crippen LogP contribution in [0.15, 0.2) is 30.3 Å². The molecule has 1 amide bonds. The van der Waals surface area contributed by atoms with Gasteiger partial charge in [0, 0.05) is 13.1 Å². The molecule has 1 aromatic rings. The molecule has 2 atom stereocenters. The molecule has 0 unspecified atom stereocenters. The van der Waals surface area contributed by atoms with Crippen molar-refractivity contribution in [2.75, 3.05) is 13.1 Å². The van der Waals surface area contributed by atoms with Gasteiger partial charge in [-0.15, -0.1) is 0 Å². The topological polar surface area (TPSA) is 40.5 Å². The third kappa shape index (κ3) is 2.91. The summed E-state index contributed by atoms with van der Waals surface area (Å²) in [6.45, 7) is 3.49. The minimum Gasteiger partial charge on any atom is -0.388 e. The van der Waals surface area contributed by atoms with Crippen LogP contribution in [-0.4, -0.2) is 29.0 Å². The van der Waals surface area contributed by atoms with Crippen molar-refractivity contribution in [3.63, 3.8) is 0 Å². The fourth-order valence-electron chi connectivity index (χ4n) is 2.48. The van der Waals surface area contributed by atoms with Gasteiger partial charge < -0.3 is 10.0 Å². The zero-order valence-electron chi connectivity index (χ0n) is 10.9. The van der Waals surface area contributed by atoms with E-state index < -0.39 is 6.10 Å². The minimum absolute atomic E-state index is 0.0750. The van der Waals surface area contributed by atoms with E-state index in [1.54, 1.807) is 0 Å². The average Bonchev–Trinajstić information content (AvgIpc) is 2.47. The molecule has 1 saturated heterocycles. The molecule has 1 N–H and O–H groups in total. The lowest BCUT2D eigenvalue weighted by Crippen LogP contribution is -2.40. The minimum atomic E-state index is -0.708. The van der Waals surface area contributed by atoms with Crippen LogP contribution in [-0.2, 0) is 4.79 Å². The third-order valence-electron chi connectivity index (χ3n) is 3.67. The van der Waals surface area contributed by atoms with Crippen molar-refractivity contribution < 1.29 is 9.90 Å². The van der Waals surface area contributed by atoms with Gasteiger partial charge in [-0.3, -0.25) is 4.79 Å². The molecule has 3 heteroatoms. The molecule has 1 aromatic carbocycles. The highest BCUT2D eigenvalue weighted by Crippen LogP contribution is 2.24. The van der Waals surface area contributed by atoms with E-state index in [0.717, 1.165) is 31.5 Å². The Bertz CT molecular complexity index is 385. The molecule has 1 heterocycles. The van der Waals surface area contributed by atoms with Gasteiger partial charge in [-0.1, -0.05) is 37.3 Å². The highest BCUT2D eigenvalue weighted by Gasteiger charge is 2.28. The number of hydrogen-bond donors (Lipinski definition) is 1. The van der Waals surface area contributed by atoms with Crippen molar-refractivity contribution in [2.24, 2.45) is 5.92 Å². The molecule has 0 bridgehead atoms. The van der Waals surface area contributed by atoms with Gasteiger partial charge in [0.15, 0.2) is 0 Å². The molecular formula is C15H21NO2. The molecule has 2 rings (SSSR count). The standard InChI is InChI=1S/C15H21NO2/c1-12(14(17)13-8-4-2-5-9-13)15(18)16-10-6-3-7-11-16/h2,4-5,8-9,12,14,17H,3,6-7,10-11H2,1H3/t12-,14+/m0/s1. The Morgan fingerprint density at radius 2 is 1.78 bits per heavy atom. The highest BCUT2D eigenvalue weighted by molar-refractivity contribution is 5.79. The number of amides is 1. The molecule has 98 valence electrons. The van der Waals surface area contributed by atoms with Crippen LogP contribution in [0, 0.1) is 5.92 Å². The van der Waals surface area contributed by atoms with Gasteiger partial charge in [0.1, 0.15) is 0 Å². The predicted octanol–water partition coefficient (Wildman–Crippen LogP) is 2.37. The molecule has 1 fully saturated rings. The van der Waals surface area contributed by atoms with Crippen LogP contribution in [0.4, 0.5) is 0 Å². The number of rotatable bonds is 3. The SMILES string of the molecule is C[C@H](C(=O)N1CCCCC1)[C@@H](O)c1ccccc1. The number of benzene rings is 1. The smallest absolute Gasteiger partial charge is 0.228 e. The fourth-order valence-corrected chi connectivity index (χ4v) is 2.48. The van der Waals surface area contributed by atoms with E-state index in [0.29, 0.717) is 0 Å². The number of carbonyl (C=O) groups excluding carboxylic acids is 1. The quantitative estimate of drug-likeness (QED) is 0.890. The molecule has 18 heavy (non-hydrogen) atoms. The van der Waals surface area contributed by atoms with Crippen LogP contribution in [0.5, 0.6) is 0 Å². The second kappa shape index (κ2) is 6.01. The molecule has 3 nitrogen and oxygen atoms in total. The van der Waals surface area contributed by atoms with Crippen molar-refractivity contribution in [3.8, 4) is 0 Å². The molecule has 0 aromatic heterocycles. The fraction of sp³-hybridized carbons (Fsp3) is 0.533. The Balaban J connectivity index is 2.01. The summed E-state index contributed by atoms with van der Waals surface area (Å²) in [6.07, 6.45) is 2.67. The Labute approximate surface area is 108 Å². The van der Waals surface area contributed by atoms with Crippen LogP contribution in [0.2, 0.25) is 0 Å². The summed E-state index contributed by atoms with van der Waals surface area (Å²) in [5.41, 5.74) is 0.815. The number of nitrogens with zero attached hydrogens (tertiary/aromatic N) is 1. The number of hydrogen-bond acceptors (Lipinski definition) is 2. The summed E-state index contributed by atoms with van der Waals surface area (Å²) in [5.74, 6) is -0.295. The molecule has 0 aliphatic carbocycles. The summed E-state index contributed by atoms with van der Waals surface area (Å²) in [5, 5.41) is 10.2. The van der Waals surface area contributed by atoms with Crippen molar-refractivity contribution in [3.05, 3.63) is 35.9 Å². The number of likely N-dealkylation sites (tertiary alicyclic amines) is 1. The molecule has 0 saturated carbocycles. The van der Waals surface area contributed by atoms with Gasteiger partial charge in [0.05, 0.1) is 12.0 Å². The van der Waals surface area contributed by atoms with Crippen molar-refractivity contribution in [2.45, 2.75) is 32.3 Å². The molecule has 1 aliphatic rings. The zero-order valence-corrected chi connectivity index (χ0v) is 10.9. The van der Waals surface area contributed by atoms with E-state index in [1.165, 1.54) is 6.42 Å². The second-order valence-electron chi connectivity index (χ2n) is 5.03.